The highest BCUT2D eigenvalue weighted by Crippen LogP contribution is 2.42. The molecule has 0 bridgehead atoms. The minimum absolute atomic E-state index is 0.217. The molecule has 28 heavy (non-hydrogen) atoms. The molecule has 2 aromatic rings. The van der Waals surface area contributed by atoms with Gasteiger partial charge in [0.15, 0.2) is 0 Å². The van der Waals surface area contributed by atoms with E-state index in [0.29, 0.717) is 6.42 Å². The first-order valence-electron chi connectivity index (χ1n) is 10.2. The lowest BCUT2D eigenvalue weighted by molar-refractivity contribution is -0.0124. The van der Waals surface area contributed by atoms with E-state index in [9.17, 15) is 5.11 Å². The highest BCUT2D eigenvalue weighted by molar-refractivity contribution is 6.30. The van der Waals surface area contributed by atoms with Crippen molar-refractivity contribution < 1.29 is 5.11 Å². The predicted molar refractivity (Wildman–Crippen MR) is 120 cm³/mol. The van der Waals surface area contributed by atoms with Gasteiger partial charge in [-0.15, -0.1) is 0 Å². The van der Waals surface area contributed by atoms with E-state index in [0.717, 1.165) is 42.0 Å². The van der Waals surface area contributed by atoms with Crippen molar-refractivity contribution in [3.05, 3.63) is 75.3 Å². The van der Waals surface area contributed by atoms with Gasteiger partial charge in [0, 0.05) is 23.9 Å². The van der Waals surface area contributed by atoms with Crippen LogP contribution in [0.3, 0.4) is 0 Å². The average molecular weight is 398 g/mol. The first-order valence-corrected chi connectivity index (χ1v) is 10.6. The second-order valence-corrected chi connectivity index (χ2v) is 9.04. The Labute approximate surface area is 174 Å². The second kappa shape index (κ2) is 8.82. The summed E-state index contributed by atoms with van der Waals surface area (Å²) < 4.78 is 0. The molecule has 1 fully saturated rings. The summed E-state index contributed by atoms with van der Waals surface area (Å²) in [7, 11) is 4.19. The van der Waals surface area contributed by atoms with Crippen molar-refractivity contribution in [2.24, 2.45) is 5.92 Å². The van der Waals surface area contributed by atoms with Gasteiger partial charge in [-0.25, -0.2) is 0 Å². The number of rotatable bonds is 5. The molecule has 3 heteroatoms. The molecule has 0 aromatic heterocycles. The zero-order valence-corrected chi connectivity index (χ0v) is 18.3. The van der Waals surface area contributed by atoms with E-state index in [1.807, 2.05) is 24.3 Å². The van der Waals surface area contributed by atoms with Gasteiger partial charge in [0.1, 0.15) is 0 Å². The molecule has 1 aliphatic carbocycles. The van der Waals surface area contributed by atoms with E-state index < -0.39 is 5.60 Å². The van der Waals surface area contributed by atoms with Crippen LogP contribution in [0.25, 0.3) is 6.08 Å². The molecular formula is C25H32ClNO. The van der Waals surface area contributed by atoms with Gasteiger partial charge in [-0.2, -0.15) is 0 Å². The minimum atomic E-state index is -0.833. The third kappa shape index (κ3) is 4.86. The third-order valence-corrected chi connectivity index (χ3v) is 6.24. The number of aliphatic hydroxyl groups is 1. The molecule has 0 aliphatic heterocycles. The normalized spacial score (nSPS) is 24.1. The molecule has 0 spiro atoms. The lowest BCUT2D eigenvalue weighted by Crippen LogP contribution is -2.48. The van der Waals surface area contributed by atoms with Crippen LogP contribution in [-0.4, -0.2) is 36.2 Å². The Bertz CT molecular complexity index is 840. The fraction of sp³-hybridized carbons (Fsp3) is 0.440. The highest BCUT2D eigenvalue weighted by atomic mass is 35.5. The first kappa shape index (κ1) is 21.1. The van der Waals surface area contributed by atoms with Crippen molar-refractivity contribution in [3.8, 4) is 0 Å². The van der Waals surface area contributed by atoms with Crippen molar-refractivity contribution in [1.82, 2.24) is 4.90 Å². The number of aryl methyl sites for hydroxylation is 2. The van der Waals surface area contributed by atoms with E-state index in [1.165, 1.54) is 16.7 Å². The van der Waals surface area contributed by atoms with Crippen LogP contribution in [0.15, 0.2) is 48.0 Å². The number of hydrogen-bond acceptors (Lipinski definition) is 2. The zero-order valence-electron chi connectivity index (χ0n) is 17.5. The van der Waals surface area contributed by atoms with Crippen molar-refractivity contribution in [2.75, 3.05) is 20.6 Å². The Kier molecular flexibility index (Phi) is 6.65. The van der Waals surface area contributed by atoms with Crippen molar-refractivity contribution >= 4 is 17.7 Å². The fourth-order valence-corrected chi connectivity index (χ4v) is 4.56. The summed E-state index contributed by atoms with van der Waals surface area (Å²) in [5.41, 5.74) is 5.15. The van der Waals surface area contributed by atoms with Crippen LogP contribution in [0.2, 0.25) is 5.02 Å². The van der Waals surface area contributed by atoms with Gasteiger partial charge < -0.3 is 10.0 Å². The maximum absolute atomic E-state index is 12.1. The molecular weight excluding hydrogens is 366 g/mol. The van der Waals surface area contributed by atoms with Gasteiger partial charge in [-0.05, 0) is 81.6 Å². The van der Waals surface area contributed by atoms with Crippen LogP contribution < -0.4 is 0 Å². The molecule has 1 N–H and O–H groups in total. The molecule has 1 saturated carbocycles. The van der Waals surface area contributed by atoms with Gasteiger partial charge in [0.05, 0.1) is 5.60 Å². The SMILES string of the molecule is Cc1ccc(C)c(CC2(O)/C(=C\c3ccc(Cl)cc3)CCCC2CN(C)C)c1. The molecule has 0 saturated heterocycles. The van der Waals surface area contributed by atoms with Gasteiger partial charge in [-0.3, -0.25) is 0 Å². The van der Waals surface area contributed by atoms with E-state index >= 15 is 0 Å². The predicted octanol–water partition coefficient (Wildman–Crippen LogP) is 5.68. The lowest BCUT2D eigenvalue weighted by Gasteiger charge is -2.44. The van der Waals surface area contributed by atoms with Crippen molar-refractivity contribution in [1.29, 1.82) is 0 Å². The summed E-state index contributed by atoms with van der Waals surface area (Å²) in [6.45, 7) is 5.15. The summed E-state index contributed by atoms with van der Waals surface area (Å²) in [5.74, 6) is 0.217. The Balaban J connectivity index is 2.03. The topological polar surface area (TPSA) is 23.5 Å². The molecule has 2 nitrogen and oxygen atoms in total. The van der Waals surface area contributed by atoms with Gasteiger partial charge in [0.25, 0.3) is 0 Å². The highest BCUT2D eigenvalue weighted by Gasteiger charge is 2.42. The monoisotopic (exact) mass is 397 g/mol. The summed E-state index contributed by atoms with van der Waals surface area (Å²) >= 11 is 6.05. The quantitative estimate of drug-likeness (QED) is 0.701. The van der Waals surface area contributed by atoms with Crippen molar-refractivity contribution in [3.63, 3.8) is 0 Å². The molecule has 150 valence electrons. The van der Waals surface area contributed by atoms with Gasteiger partial charge in [0.2, 0.25) is 0 Å². The van der Waals surface area contributed by atoms with Crippen LogP contribution in [0, 0.1) is 19.8 Å². The van der Waals surface area contributed by atoms with Gasteiger partial charge >= 0.3 is 0 Å². The smallest absolute Gasteiger partial charge is 0.0940 e. The summed E-state index contributed by atoms with van der Waals surface area (Å²) in [5, 5.41) is 12.8. The summed E-state index contributed by atoms with van der Waals surface area (Å²) in [4.78, 5) is 2.20. The standard InChI is InChI=1S/C25H32ClNO/c1-18-8-9-19(2)21(14-18)16-25(28)22(6-5-7-23(25)17-27(3)4)15-20-10-12-24(26)13-11-20/h8-15,23,28H,5-7,16-17H2,1-4H3/b22-15-. The van der Waals surface area contributed by atoms with Crippen LogP contribution in [0.5, 0.6) is 0 Å². The van der Waals surface area contributed by atoms with Crippen LogP contribution in [0.1, 0.15) is 41.5 Å². The number of halogens is 1. The largest absolute Gasteiger partial charge is 0.385 e. The molecule has 2 atom stereocenters. The maximum atomic E-state index is 12.1. The molecule has 2 aromatic carbocycles. The number of nitrogens with zero attached hydrogens (tertiary/aromatic N) is 1. The molecule has 0 heterocycles. The van der Waals surface area contributed by atoms with E-state index in [-0.39, 0.29) is 5.92 Å². The second-order valence-electron chi connectivity index (χ2n) is 8.60. The van der Waals surface area contributed by atoms with Crippen LogP contribution in [0.4, 0.5) is 0 Å². The molecule has 0 radical (unpaired) electrons. The third-order valence-electron chi connectivity index (χ3n) is 5.99. The Morgan fingerprint density at radius 2 is 1.86 bits per heavy atom. The fourth-order valence-electron chi connectivity index (χ4n) is 4.44. The Morgan fingerprint density at radius 1 is 1.14 bits per heavy atom. The first-order chi connectivity index (χ1) is 13.3. The molecule has 0 amide bonds. The van der Waals surface area contributed by atoms with Crippen molar-refractivity contribution in [2.45, 2.75) is 45.1 Å². The molecule has 1 aliphatic rings. The zero-order chi connectivity index (χ0) is 20.3. The van der Waals surface area contributed by atoms with Crippen LogP contribution >= 0.6 is 11.6 Å². The Hall–Kier alpha value is -1.61. The number of benzene rings is 2. The maximum Gasteiger partial charge on any atom is 0.0940 e. The van der Waals surface area contributed by atoms with E-state index in [4.69, 9.17) is 11.6 Å². The number of hydrogen-bond donors (Lipinski definition) is 1. The van der Waals surface area contributed by atoms with E-state index in [2.05, 4.69) is 57.1 Å². The Morgan fingerprint density at radius 3 is 2.54 bits per heavy atom. The summed E-state index contributed by atoms with van der Waals surface area (Å²) in [6.07, 6.45) is 5.96. The molecule has 3 rings (SSSR count). The lowest BCUT2D eigenvalue weighted by atomic mass is 9.68. The summed E-state index contributed by atoms with van der Waals surface area (Å²) in [6, 6.07) is 14.4. The van der Waals surface area contributed by atoms with E-state index in [1.54, 1.807) is 0 Å². The average Bonchev–Trinajstić information content (AvgIpc) is 2.63. The minimum Gasteiger partial charge on any atom is -0.385 e. The molecule has 2 unspecified atom stereocenters. The van der Waals surface area contributed by atoms with Crippen LogP contribution in [-0.2, 0) is 6.42 Å². The van der Waals surface area contributed by atoms with Gasteiger partial charge in [-0.1, -0.05) is 53.6 Å².